The van der Waals surface area contributed by atoms with Crippen LogP contribution >= 0.6 is 0 Å². The lowest BCUT2D eigenvalue weighted by atomic mass is 10.0. The maximum atomic E-state index is 11.8. The van der Waals surface area contributed by atoms with Crippen molar-refractivity contribution in [3.05, 3.63) is 30.6 Å². The first-order chi connectivity index (χ1) is 18.4. The van der Waals surface area contributed by atoms with Gasteiger partial charge >= 0.3 is 0 Å². The fraction of sp³-hybridized carbons (Fsp3) is 0.500. The third-order valence-corrected chi connectivity index (χ3v) is 7.97. The molecule has 3 fully saturated rings. The Balaban J connectivity index is 1.32. The highest BCUT2D eigenvalue weighted by Crippen LogP contribution is 2.41. The van der Waals surface area contributed by atoms with E-state index < -0.39 is 0 Å². The second-order valence-electron chi connectivity index (χ2n) is 10.5. The van der Waals surface area contributed by atoms with Gasteiger partial charge < -0.3 is 29.2 Å². The topological polar surface area (TPSA) is 102 Å². The quantitative estimate of drug-likeness (QED) is 0.513. The van der Waals surface area contributed by atoms with Gasteiger partial charge in [-0.1, -0.05) is 6.07 Å². The second-order valence-corrected chi connectivity index (χ2v) is 10.5. The summed E-state index contributed by atoms with van der Waals surface area (Å²) in [6.07, 6.45) is 4.43. The summed E-state index contributed by atoms with van der Waals surface area (Å²) in [5.74, 6) is 1.59. The van der Waals surface area contributed by atoms with E-state index in [4.69, 9.17) is 19.4 Å². The van der Waals surface area contributed by atoms with Crippen LogP contribution in [0.3, 0.4) is 0 Å². The number of rotatable bonds is 7. The van der Waals surface area contributed by atoms with Crippen LogP contribution in [0.15, 0.2) is 30.6 Å². The molecule has 2 aromatic heterocycles. The van der Waals surface area contributed by atoms with Crippen molar-refractivity contribution >= 4 is 28.5 Å². The molecule has 200 valence electrons. The first-order valence-corrected chi connectivity index (χ1v) is 13.4. The number of carbonyl (C=O) groups excluding carboxylic acids is 2. The number of nitrogens with one attached hydrogen (secondary N) is 1. The second kappa shape index (κ2) is 9.81. The van der Waals surface area contributed by atoms with E-state index in [-0.39, 0.29) is 23.8 Å². The summed E-state index contributed by atoms with van der Waals surface area (Å²) < 4.78 is 14.4. The Hall–Kier alpha value is -3.82. The molecule has 10 heteroatoms. The molecule has 2 saturated heterocycles. The van der Waals surface area contributed by atoms with Gasteiger partial charge in [-0.2, -0.15) is 0 Å². The van der Waals surface area contributed by atoms with Gasteiger partial charge in [0.05, 0.1) is 30.3 Å². The van der Waals surface area contributed by atoms with E-state index >= 15 is 0 Å². The number of hydrogen-bond acceptors (Lipinski definition) is 7. The molecular weight excluding hydrogens is 484 g/mol. The highest BCUT2D eigenvalue weighted by molar-refractivity contribution is 5.85. The van der Waals surface area contributed by atoms with Gasteiger partial charge in [-0.05, 0) is 38.0 Å². The number of imidazole rings is 1. The highest BCUT2D eigenvalue weighted by Gasteiger charge is 2.31. The minimum absolute atomic E-state index is 0.0650. The lowest BCUT2D eigenvalue weighted by molar-refractivity contribution is -0.129. The molecule has 6 rings (SSSR count). The summed E-state index contributed by atoms with van der Waals surface area (Å²) in [5, 5.41) is 2.90. The van der Waals surface area contributed by atoms with E-state index in [1.54, 1.807) is 14.0 Å². The van der Waals surface area contributed by atoms with Gasteiger partial charge in [0.15, 0.2) is 0 Å². The largest absolute Gasteiger partial charge is 0.495 e. The number of carbonyl (C=O) groups is 2. The van der Waals surface area contributed by atoms with Crippen LogP contribution in [0.5, 0.6) is 11.6 Å². The third-order valence-electron chi connectivity index (χ3n) is 7.97. The number of pyridine rings is 1. The molecular formula is C28H34N6O4. The molecule has 2 aliphatic heterocycles. The van der Waals surface area contributed by atoms with Crippen molar-refractivity contribution in [2.24, 2.45) is 5.92 Å². The Morgan fingerprint density at radius 2 is 1.95 bits per heavy atom. The lowest BCUT2D eigenvalue weighted by Crippen LogP contribution is -2.48. The minimum atomic E-state index is -0.173. The molecule has 0 unspecified atom stereocenters. The van der Waals surface area contributed by atoms with Crippen molar-refractivity contribution in [1.82, 2.24) is 24.8 Å². The predicted octanol–water partition coefficient (Wildman–Crippen LogP) is 3.01. The Morgan fingerprint density at radius 1 is 1.16 bits per heavy atom. The SMILES string of the molecule is COc1cc(-c2cc3ncn(C4CC4)c3c(O[C@H](C)[C@H]3CNC(=O)C3)n2)ccc1N1CCN(C(C)=O)CC1. The number of methoxy groups -OCH3 is 1. The average Bonchev–Trinajstić information content (AvgIpc) is 3.53. The molecule has 38 heavy (non-hydrogen) atoms. The van der Waals surface area contributed by atoms with Crippen molar-refractivity contribution in [2.75, 3.05) is 44.7 Å². The Kier molecular flexibility index (Phi) is 6.33. The van der Waals surface area contributed by atoms with E-state index in [0.717, 1.165) is 59.7 Å². The van der Waals surface area contributed by atoms with Crippen molar-refractivity contribution in [2.45, 2.75) is 45.3 Å². The Labute approximate surface area is 221 Å². The van der Waals surface area contributed by atoms with Crippen molar-refractivity contribution in [1.29, 1.82) is 0 Å². The van der Waals surface area contributed by atoms with Gasteiger partial charge in [0.1, 0.15) is 17.4 Å². The number of benzene rings is 1. The zero-order valence-corrected chi connectivity index (χ0v) is 22.1. The molecule has 0 bridgehead atoms. The van der Waals surface area contributed by atoms with Crippen LogP contribution in [0.1, 0.15) is 39.2 Å². The Bertz CT molecular complexity index is 1380. The molecule has 2 amide bonds. The molecule has 3 aliphatic rings. The van der Waals surface area contributed by atoms with Crippen molar-refractivity contribution < 1.29 is 19.1 Å². The van der Waals surface area contributed by atoms with Crippen LogP contribution in [0.2, 0.25) is 0 Å². The first kappa shape index (κ1) is 24.5. The maximum Gasteiger partial charge on any atom is 0.241 e. The molecule has 4 heterocycles. The number of hydrogen-bond donors (Lipinski definition) is 1. The lowest BCUT2D eigenvalue weighted by Gasteiger charge is -2.36. The Morgan fingerprint density at radius 3 is 2.61 bits per heavy atom. The fourth-order valence-electron chi connectivity index (χ4n) is 5.48. The summed E-state index contributed by atoms with van der Waals surface area (Å²) in [7, 11) is 1.68. The van der Waals surface area contributed by atoms with Gasteiger partial charge in [-0.25, -0.2) is 9.97 Å². The number of anilines is 1. The zero-order chi connectivity index (χ0) is 26.4. The van der Waals surface area contributed by atoms with Crippen molar-refractivity contribution in [3.8, 4) is 22.9 Å². The highest BCUT2D eigenvalue weighted by atomic mass is 16.5. The summed E-state index contributed by atoms with van der Waals surface area (Å²) in [6, 6.07) is 8.56. The third kappa shape index (κ3) is 4.63. The van der Waals surface area contributed by atoms with Gasteiger partial charge in [-0.3, -0.25) is 9.59 Å². The van der Waals surface area contributed by atoms with Gasteiger partial charge in [0.2, 0.25) is 17.7 Å². The van der Waals surface area contributed by atoms with Crippen LogP contribution < -0.4 is 19.7 Å². The van der Waals surface area contributed by atoms with Crippen molar-refractivity contribution in [3.63, 3.8) is 0 Å². The van der Waals surface area contributed by atoms with E-state index in [2.05, 4.69) is 20.9 Å². The maximum absolute atomic E-state index is 11.8. The van der Waals surface area contributed by atoms with E-state index in [1.807, 2.05) is 36.4 Å². The molecule has 1 N–H and O–H groups in total. The van der Waals surface area contributed by atoms with Gasteiger partial charge in [0.25, 0.3) is 0 Å². The smallest absolute Gasteiger partial charge is 0.241 e. The van der Waals surface area contributed by atoms with Crippen LogP contribution in [-0.4, -0.2) is 77.2 Å². The van der Waals surface area contributed by atoms with Crippen LogP contribution in [0.4, 0.5) is 5.69 Å². The molecule has 10 nitrogen and oxygen atoms in total. The summed E-state index contributed by atoms with van der Waals surface area (Å²) in [6.45, 7) is 7.15. The molecule has 1 saturated carbocycles. The number of fused-ring (bicyclic) bond motifs is 1. The van der Waals surface area contributed by atoms with E-state index in [0.29, 0.717) is 38.0 Å². The van der Waals surface area contributed by atoms with E-state index in [1.165, 1.54) is 0 Å². The number of ether oxygens (including phenoxy) is 2. The number of piperazine rings is 1. The number of aromatic nitrogens is 3. The normalized spacial score (nSPS) is 20.5. The minimum Gasteiger partial charge on any atom is -0.495 e. The summed E-state index contributed by atoms with van der Waals surface area (Å²) >= 11 is 0. The average molecular weight is 519 g/mol. The van der Waals surface area contributed by atoms with Gasteiger partial charge in [0, 0.05) is 63.6 Å². The van der Waals surface area contributed by atoms with Crippen LogP contribution in [0, 0.1) is 5.92 Å². The first-order valence-electron chi connectivity index (χ1n) is 13.4. The monoisotopic (exact) mass is 518 g/mol. The molecule has 3 aromatic rings. The fourth-order valence-corrected chi connectivity index (χ4v) is 5.48. The van der Waals surface area contributed by atoms with Crippen LogP contribution in [-0.2, 0) is 9.59 Å². The zero-order valence-electron chi connectivity index (χ0n) is 22.1. The predicted molar refractivity (Wildman–Crippen MR) is 143 cm³/mol. The molecule has 1 aliphatic carbocycles. The molecule has 0 spiro atoms. The van der Waals surface area contributed by atoms with Crippen LogP contribution in [0.25, 0.3) is 22.3 Å². The standard InChI is InChI=1S/C28H34N6O4/c1-17(20-13-26(36)29-15-20)38-28-27-23(30-16-34(27)21-5-6-21)14-22(31-28)19-4-7-24(25(12-19)37-3)33-10-8-32(9-11-33)18(2)35/h4,7,12,14,16-17,20-21H,5-6,8-11,13,15H2,1-3H3,(H,29,36)/t17-,20-/m1/s1. The number of amides is 2. The summed E-state index contributed by atoms with van der Waals surface area (Å²) in [5.41, 5.74) is 4.42. The molecule has 1 aromatic carbocycles. The van der Waals surface area contributed by atoms with E-state index in [9.17, 15) is 9.59 Å². The number of nitrogens with zero attached hydrogens (tertiary/aromatic N) is 5. The molecule has 0 radical (unpaired) electrons. The van der Waals surface area contributed by atoms with Gasteiger partial charge in [-0.15, -0.1) is 0 Å². The summed E-state index contributed by atoms with van der Waals surface area (Å²) in [4.78, 5) is 37.3. The molecule has 2 atom stereocenters.